The lowest BCUT2D eigenvalue weighted by Crippen LogP contribution is -2.23. The van der Waals surface area contributed by atoms with Crippen LogP contribution in [0.15, 0.2) is 67.0 Å². The van der Waals surface area contributed by atoms with Gasteiger partial charge in [0.25, 0.3) is 0 Å². The SMILES string of the molecule is COc1ccccc1N1CCO[C@H]1c1ccn(-c2cccc(F)c2)c1. The van der Waals surface area contributed by atoms with Crippen LogP contribution in [0.1, 0.15) is 11.8 Å². The molecule has 0 spiro atoms. The van der Waals surface area contributed by atoms with Crippen molar-refractivity contribution in [1.82, 2.24) is 4.57 Å². The van der Waals surface area contributed by atoms with Gasteiger partial charge in [0, 0.05) is 30.2 Å². The van der Waals surface area contributed by atoms with E-state index < -0.39 is 0 Å². The summed E-state index contributed by atoms with van der Waals surface area (Å²) in [5, 5.41) is 0. The summed E-state index contributed by atoms with van der Waals surface area (Å²) in [6, 6.07) is 16.5. The van der Waals surface area contributed by atoms with E-state index in [0.29, 0.717) is 6.61 Å². The zero-order valence-corrected chi connectivity index (χ0v) is 13.9. The number of nitrogens with zero attached hydrogens (tertiary/aromatic N) is 2. The minimum absolute atomic E-state index is 0.189. The maximum atomic E-state index is 13.5. The van der Waals surface area contributed by atoms with Crippen molar-refractivity contribution >= 4 is 5.69 Å². The Morgan fingerprint density at radius 2 is 2.00 bits per heavy atom. The van der Waals surface area contributed by atoms with Crippen molar-refractivity contribution in [3.8, 4) is 11.4 Å². The van der Waals surface area contributed by atoms with Crippen LogP contribution in [0.3, 0.4) is 0 Å². The minimum Gasteiger partial charge on any atom is -0.495 e. The Kier molecular flexibility index (Phi) is 4.15. The molecular weight excluding hydrogens is 319 g/mol. The van der Waals surface area contributed by atoms with Crippen molar-refractivity contribution in [3.05, 3.63) is 78.4 Å². The topological polar surface area (TPSA) is 26.6 Å². The van der Waals surface area contributed by atoms with Crippen molar-refractivity contribution in [2.45, 2.75) is 6.23 Å². The fraction of sp³-hybridized carbons (Fsp3) is 0.200. The van der Waals surface area contributed by atoms with Crippen LogP contribution in [0, 0.1) is 5.82 Å². The van der Waals surface area contributed by atoms with Crippen molar-refractivity contribution in [2.24, 2.45) is 0 Å². The molecule has 1 fully saturated rings. The number of anilines is 1. The highest BCUT2D eigenvalue weighted by Crippen LogP contribution is 2.37. The second-order valence-electron chi connectivity index (χ2n) is 5.92. The molecule has 1 aliphatic rings. The first-order chi connectivity index (χ1) is 12.3. The van der Waals surface area contributed by atoms with Crippen LogP contribution in [-0.2, 0) is 4.74 Å². The fourth-order valence-electron chi connectivity index (χ4n) is 3.22. The van der Waals surface area contributed by atoms with E-state index in [-0.39, 0.29) is 12.0 Å². The third-order valence-corrected chi connectivity index (χ3v) is 4.39. The van der Waals surface area contributed by atoms with E-state index in [9.17, 15) is 4.39 Å². The van der Waals surface area contributed by atoms with Gasteiger partial charge in [-0.1, -0.05) is 18.2 Å². The van der Waals surface area contributed by atoms with Gasteiger partial charge in [-0.15, -0.1) is 0 Å². The molecule has 1 atom stereocenters. The maximum absolute atomic E-state index is 13.5. The molecule has 0 amide bonds. The lowest BCUT2D eigenvalue weighted by Gasteiger charge is -2.26. The Morgan fingerprint density at radius 3 is 2.84 bits per heavy atom. The van der Waals surface area contributed by atoms with Gasteiger partial charge >= 0.3 is 0 Å². The summed E-state index contributed by atoms with van der Waals surface area (Å²) in [5.74, 6) is 0.572. The van der Waals surface area contributed by atoms with E-state index in [1.807, 2.05) is 53.4 Å². The summed E-state index contributed by atoms with van der Waals surface area (Å²) >= 11 is 0. The van der Waals surface area contributed by atoms with Crippen LogP contribution < -0.4 is 9.64 Å². The standard InChI is InChI=1S/C20H19FN2O2/c1-24-19-8-3-2-7-18(19)23-11-12-25-20(23)15-9-10-22(14-15)17-6-4-5-16(21)13-17/h2-10,13-14,20H,11-12H2,1H3/t20-/m0/s1. The van der Waals surface area contributed by atoms with E-state index >= 15 is 0 Å². The van der Waals surface area contributed by atoms with Gasteiger partial charge in [-0.05, 0) is 36.4 Å². The molecule has 25 heavy (non-hydrogen) atoms. The molecule has 1 saturated heterocycles. The summed E-state index contributed by atoms with van der Waals surface area (Å²) in [7, 11) is 1.67. The molecule has 0 N–H and O–H groups in total. The highest BCUT2D eigenvalue weighted by molar-refractivity contribution is 5.60. The molecule has 0 bridgehead atoms. The summed E-state index contributed by atoms with van der Waals surface area (Å²) in [6.07, 6.45) is 3.71. The van der Waals surface area contributed by atoms with Crippen LogP contribution in [0.5, 0.6) is 5.75 Å². The number of ether oxygens (including phenoxy) is 2. The van der Waals surface area contributed by atoms with Gasteiger partial charge in [-0.2, -0.15) is 0 Å². The zero-order chi connectivity index (χ0) is 17.2. The number of hydrogen-bond acceptors (Lipinski definition) is 3. The van der Waals surface area contributed by atoms with E-state index in [2.05, 4.69) is 4.90 Å². The lowest BCUT2D eigenvalue weighted by atomic mass is 10.2. The van der Waals surface area contributed by atoms with Crippen LogP contribution in [0.4, 0.5) is 10.1 Å². The highest BCUT2D eigenvalue weighted by atomic mass is 19.1. The number of methoxy groups -OCH3 is 1. The van der Waals surface area contributed by atoms with Crippen LogP contribution >= 0.6 is 0 Å². The van der Waals surface area contributed by atoms with Gasteiger partial charge in [-0.25, -0.2) is 4.39 Å². The van der Waals surface area contributed by atoms with Gasteiger partial charge in [-0.3, -0.25) is 0 Å². The van der Waals surface area contributed by atoms with E-state index in [1.165, 1.54) is 12.1 Å². The smallest absolute Gasteiger partial charge is 0.158 e. The summed E-state index contributed by atoms with van der Waals surface area (Å²) < 4.78 is 26.8. The Balaban J connectivity index is 1.65. The Morgan fingerprint density at radius 1 is 1.12 bits per heavy atom. The average molecular weight is 338 g/mol. The molecule has 2 aromatic carbocycles. The number of halogens is 1. The number of aromatic nitrogens is 1. The predicted octanol–water partition coefficient (Wildman–Crippen LogP) is 4.16. The summed E-state index contributed by atoms with van der Waals surface area (Å²) in [6.45, 7) is 1.43. The van der Waals surface area contributed by atoms with Crippen LogP contribution in [-0.4, -0.2) is 24.8 Å². The Labute approximate surface area is 146 Å². The molecule has 2 heterocycles. The van der Waals surface area contributed by atoms with E-state index in [4.69, 9.17) is 9.47 Å². The molecule has 4 rings (SSSR count). The quantitative estimate of drug-likeness (QED) is 0.715. The molecule has 3 aromatic rings. The molecule has 1 aliphatic heterocycles. The van der Waals surface area contributed by atoms with E-state index in [0.717, 1.165) is 29.2 Å². The van der Waals surface area contributed by atoms with Crippen molar-refractivity contribution < 1.29 is 13.9 Å². The molecule has 4 nitrogen and oxygen atoms in total. The predicted molar refractivity (Wildman–Crippen MR) is 94.8 cm³/mol. The fourth-order valence-corrected chi connectivity index (χ4v) is 3.22. The zero-order valence-electron chi connectivity index (χ0n) is 13.9. The molecule has 5 heteroatoms. The van der Waals surface area contributed by atoms with Gasteiger partial charge in [0.15, 0.2) is 6.23 Å². The molecule has 1 aromatic heterocycles. The van der Waals surface area contributed by atoms with Gasteiger partial charge in [0.05, 0.1) is 19.4 Å². The van der Waals surface area contributed by atoms with Crippen molar-refractivity contribution in [1.29, 1.82) is 0 Å². The number of benzene rings is 2. The molecule has 128 valence electrons. The van der Waals surface area contributed by atoms with Gasteiger partial charge in [0.2, 0.25) is 0 Å². The third kappa shape index (κ3) is 2.98. The maximum Gasteiger partial charge on any atom is 0.158 e. The number of hydrogen-bond donors (Lipinski definition) is 0. The average Bonchev–Trinajstić information content (AvgIpc) is 3.30. The van der Waals surface area contributed by atoms with Gasteiger partial charge < -0.3 is 18.9 Å². The number of para-hydroxylation sites is 2. The highest BCUT2D eigenvalue weighted by Gasteiger charge is 2.29. The molecule has 0 radical (unpaired) electrons. The molecule has 0 unspecified atom stereocenters. The van der Waals surface area contributed by atoms with Crippen molar-refractivity contribution in [2.75, 3.05) is 25.2 Å². The summed E-state index contributed by atoms with van der Waals surface area (Å²) in [5.41, 5.74) is 2.81. The second-order valence-corrected chi connectivity index (χ2v) is 5.92. The van der Waals surface area contributed by atoms with Gasteiger partial charge in [0.1, 0.15) is 11.6 Å². The normalized spacial score (nSPS) is 17.0. The Hall–Kier alpha value is -2.79. The number of rotatable bonds is 4. The second kappa shape index (κ2) is 6.61. The minimum atomic E-state index is -0.250. The lowest BCUT2D eigenvalue weighted by molar-refractivity contribution is 0.113. The summed E-state index contributed by atoms with van der Waals surface area (Å²) in [4.78, 5) is 2.18. The largest absolute Gasteiger partial charge is 0.495 e. The first kappa shape index (κ1) is 15.7. The molecular formula is C20H19FN2O2. The molecule has 0 saturated carbocycles. The van der Waals surface area contributed by atoms with Crippen LogP contribution in [0.25, 0.3) is 5.69 Å². The first-order valence-electron chi connectivity index (χ1n) is 8.21. The third-order valence-electron chi connectivity index (χ3n) is 4.39. The van der Waals surface area contributed by atoms with Crippen molar-refractivity contribution in [3.63, 3.8) is 0 Å². The van der Waals surface area contributed by atoms with E-state index in [1.54, 1.807) is 13.2 Å². The first-order valence-corrected chi connectivity index (χ1v) is 8.21. The van der Waals surface area contributed by atoms with Crippen LogP contribution in [0.2, 0.25) is 0 Å². The Bertz CT molecular complexity index is 877. The monoisotopic (exact) mass is 338 g/mol. The molecule has 0 aliphatic carbocycles.